The van der Waals surface area contributed by atoms with Crippen LogP contribution in [-0.2, 0) is 13.8 Å². The Morgan fingerprint density at radius 3 is 2.59 bits per heavy atom. The molecular weight excluding hydrogens is 264 g/mol. The van der Waals surface area contributed by atoms with E-state index >= 15 is 0 Å². The highest BCUT2D eigenvalue weighted by Crippen LogP contribution is 2.28. The number of methoxy groups -OCH3 is 1. The number of hydrogen-bond donors (Lipinski definition) is 0. The summed E-state index contributed by atoms with van der Waals surface area (Å²) in [4.78, 5) is -0.0116. The maximum Gasteiger partial charge on any atom is 0.264 e. The predicted octanol–water partition coefficient (Wildman–Crippen LogP) is 2.34. The summed E-state index contributed by atoms with van der Waals surface area (Å²) in [5.41, 5.74) is 0.802. The van der Waals surface area contributed by atoms with Gasteiger partial charge in [-0.2, -0.15) is 0 Å². The molecule has 0 N–H and O–H groups in total. The number of hydrogen-bond acceptors (Lipinski definition) is 4. The van der Waals surface area contributed by atoms with Gasteiger partial charge in [-0.25, -0.2) is 8.42 Å². The van der Waals surface area contributed by atoms with E-state index in [1.54, 1.807) is 26.2 Å². The molecule has 1 rings (SSSR count). The van der Waals surface area contributed by atoms with Crippen LogP contribution >= 0.6 is 10.7 Å². The molecule has 4 nitrogen and oxygen atoms in total. The van der Waals surface area contributed by atoms with E-state index in [2.05, 4.69) is 0 Å². The predicted molar refractivity (Wildman–Crippen MR) is 66.2 cm³/mol. The van der Waals surface area contributed by atoms with Crippen molar-refractivity contribution in [3.05, 3.63) is 23.8 Å². The van der Waals surface area contributed by atoms with Crippen LogP contribution in [0, 0.1) is 6.92 Å². The highest BCUT2D eigenvalue weighted by Gasteiger charge is 2.17. The van der Waals surface area contributed by atoms with E-state index in [0.717, 1.165) is 5.56 Å². The molecule has 0 aliphatic rings. The van der Waals surface area contributed by atoms with Crippen LogP contribution in [0.1, 0.15) is 12.5 Å². The Kier molecular flexibility index (Phi) is 4.80. The van der Waals surface area contributed by atoms with Crippen molar-refractivity contribution in [1.29, 1.82) is 0 Å². The van der Waals surface area contributed by atoms with Crippen molar-refractivity contribution in [2.75, 3.05) is 13.7 Å². The minimum Gasteiger partial charge on any atom is -0.489 e. The molecule has 0 aliphatic heterocycles. The summed E-state index contributed by atoms with van der Waals surface area (Å²) in [7, 11) is 3.10. The van der Waals surface area contributed by atoms with Crippen molar-refractivity contribution in [2.24, 2.45) is 0 Å². The van der Waals surface area contributed by atoms with Gasteiger partial charge in [-0.05, 0) is 31.5 Å². The first-order valence-electron chi connectivity index (χ1n) is 5.05. The Hall–Kier alpha value is -0.780. The summed E-state index contributed by atoms with van der Waals surface area (Å²) in [6.45, 7) is 3.87. The fourth-order valence-corrected chi connectivity index (χ4v) is 2.26. The average molecular weight is 279 g/mol. The van der Waals surface area contributed by atoms with Gasteiger partial charge in [0.05, 0.1) is 6.10 Å². The number of ether oxygens (including phenoxy) is 2. The Balaban J connectivity index is 3.00. The van der Waals surface area contributed by atoms with Gasteiger partial charge in [0, 0.05) is 17.8 Å². The molecule has 0 saturated carbocycles. The summed E-state index contributed by atoms with van der Waals surface area (Å²) in [5.74, 6) is 0.245. The molecule has 0 aliphatic carbocycles. The molecule has 0 spiro atoms. The average Bonchev–Trinajstić information content (AvgIpc) is 2.25. The lowest BCUT2D eigenvalue weighted by atomic mass is 10.2. The molecule has 0 fully saturated rings. The standard InChI is InChI=1S/C11H15ClO4S/c1-8-4-5-10(16-7-9(2)15-3)11(6-8)17(12,13)14/h4-6,9H,7H2,1-3H3. The molecule has 1 aromatic carbocycles. The highest BCUT2D eigenvalue weighted by molar-refractivity contribution is 8.13. The van der Waals surface area contributed by atoms with E-state index < -0.39 is 9.05 Å². The van der Waals surface area contributed by atoms with Gasteiger partial charge in [-0.1, -0.05) is 6.07 Å². The maximum atomic E-state index is 11.4. The topological polar surface area (TPSA) is 52.6 Å². The summed E-state index contributed by atoms with van der Waals surface area (Å²) < 4.78 is 33.1. The third kappa shape index (κ3) is 4.18. The van der Waals surface area contributed by atoms with Gasteiger partial charge >= 0.3 is 0 Å². The van der Waals surface area contributed by atoms with E-state index in [9.17, 15) is 8.42 Å². The molecule has 0 aromatic heterocycles. The van der Waals surface area contributed by atoms with E-state index in [1.165, 1.54) is 6.07 Å². The normalized spacial score (nSPS) is 13.4. The number of benzene rings is 1. The summed E-state index contributed by atoms with van der Waals surface area (Å²) >= 11 is 0. The summed E-state index contributed by atoms with van der Waals surface area (Å²) in [6, 6.07) is 4.83. The minimum absolute atomic E-state index is 0.0116. The number of halogens is 1. The van der Waals surface area contributed by atoms with Crippen molar-refractivity contribution >= 4 is 19.7 Å². The third-order valence-electron chi connectivity index (χ3n) is 2.24. The Morgan fingerprint density at radius 2 is 2.06 bits per heavy atom. The Morgan fingerprint density at radius 1 is 1.41 bits per heavy atom. The van der Waals surface area contributed by atoms with Gasteiger partial charge in [0.25, 0.3) is 9.05 Å². The van der Waals surface area contributed by atoms with Crippen LogP contribution in [0.25, 0.3) is 0 Å². The lowest BCUT2D eigenvalue weighted by molar-refractivity contribution is 0.0706. The number of rotatable bonds is 5. The maximum absolute atomic E-state index is 11.4. The quantitative estimate of drug-likeness (QED) is 0.776. The lowest BCUT2D eigenvalue weighted by Crippen LogP contribution is -2.16. The molecular formula is C11H15ClO4S. The monoisotopic (exact) mass is 278 g/mol. The van der Waals surface area contributed by atoms with E-state index in [4.69, 9.17) is 20.2 Å². The zero-order valence-electron chi connectivity index (χ0n) is 9.94. The molecule has 0 heterocycles. The van der Waals surface area contributed by atoms with Crippen molar-refractivity contribution in [1.82, 2.24) is 0 Å². The van der Waals surface area contributed by atoms with Gasteiger partial charge in [0.1, 0.15) is 17.3 Å². The first kappa shape index (κ1) is 14.3. The minimum atomic E-state index is -3.80. The van der Waals surface area contributed by atoms with E-state index in [1.807, 2.05) is 6.92 Å². The van der Waals surface area contributed by atoms with Gasteiger partial charge < -0.3 is 9.47 Å². The Labute approximate surface area is 106 Å². The zero-order chi connectivity index (χ0) is 13.1. The molecule has 1 aromatic rings. The second kappa shape index (κ2) is 5.71. The molecule has 0 amide bonds. The molecule has 1 unspecified atom stereocenters. The smallest absolute Gasteiger partial charge is 0.264 e. The highest BCUT2D eigenvalue weighted by atomic mass is 35.7. The van der Waals surface area contributed by atoms with E-state index in [0.29, 0.717) is 0 Å². The second-order valence-corrected chi connectivity index (χ2v) is 6.28. The van der Waals surface area contributed by atoms with Gasteiger partial charge in [-0.3, -0.25) is 0 Å². The molecule has 6 heteroatoms. The van der Waals surface area contributed by atoms with Gasteiger partial charge in [0.2, 0.25) is 0 Å². The fraction of sp³-hybridized carbons (Fsp3) is 0.455. The van der Waals surface area contributed by atoms with E-state index in [-0.39, 0.29) is 23.4 Å². The van der Waals surface area contributed by atoms with Crippen molar-refractivity contribution in [2.45, 2.75) is 24.8 Å². The SMILES string of the molecule is COC(C)COc1ccc(C)cc1S(=O)(=O)Cl. The molecule has 0 bridgehead atoms. The van der Waals surface area contributed by atoms with Gasteiger partial charge in [0.15, 0.2) is 0 Å². The van der Waals surface area contributed by atoms with Crippen molar-refractivity contribution < 1.29 is 17.9 Å². The van der Waals surface area contributed by atoms with Crippen molar-refractivity contribution in [3.8, 4) is 5.75 Å². The van der Waals surface area contributed by atoms with Gasteiger partial charge in [-0.15, -0.1) is 0 Å². The fourth-order valence-electron chi connectivity index (χ4n) is 1.20. The first-order chi connectivity index (χ1) is 7.84. The zero-order valence-corrected chi connectivity index (χ0v) is 11.5. The molecule has 0 radical (unpaired) electrons. The molecule has 17 heavy (non-hydrogen) atoms. The first-order valence-corrected chi connectivity index (χ1v) is 7.36. The summed E-state index contributed by atoms with van der Waals surface area (Å²) in [5, 5.41) is 0. The van der Waals surface area contributed by atoms with Crippen LogP contribution in [-0.4, -0.2) is 28.2 Å². The molecule has 1 atom stereocenters. The molecule has 96 valence electrons. The van der Waals surface area contributed by atoms with Crippen LogP contribution in [0.4, 0.5) is 0 Å². The van der Waals surface area contributed by atoms with Crippen LogP contribution in [0.3, 0.4) is 0 Å². The largest absolute Gasteiger partial charge is 0.489 e. The van der Waals surface area contributed by atoms with Crippen LogP contribution in [0.5, 0.6) is 5.75 Å². The van der Waals surface area contributed by atoms with Crippen LogP contribution < -0.4 is 4.74 Å². The number of aryl methyl sites for hydroxylation is 1. The summed E-state index contributed by atoms with van der Waals surface area (Å²) in [6.07, 6.45) is -0.123. The van der Waals surface area contributed by atoms with Crippen LogP contribution in [0.15, 0.2) is 23.1 Å². The molecule has 0 saturated heterocycles. The van der Waals surface area contributed by atoms with Crippen molar-refractivity contribution in [3.63, 3.8) is 0 Å². The van der Waals surface area contributed by atoms with Crippen LogP contribution in [0.2, 0.25) is 0 Å². The lowest BCUT2D eigenvalue weighted by Gasteiger charge is -2.13. The third-order valence-corrected chi connectivity index (χ3v) is 3.58. The second-order valence-electron chi connectivity index (χ2n) is 3.75. The Bertz CT molecular complexity index is 484.